The summed E-state index contributed by atoms with van der Waals surface area (Å²) in [6.07, 6.45) is 0.268. The average Bonchev–Trinajstić information content (AvgIpc) is 2.35. The Morgan fingerprint density at radius 1 is 1.44 bits per heavy atom. The lowest BCUT2D eigenvalue weighted by Crippen LogP contribution is -2.47. The van der Waals surface area contributed by atoms with Gasteiger partial charge in [0.25, 0.3) is 0 Å². The molecular weight excluding hydrogens is 232 g/mol. The molecule has 0 heterocycles. The number of para-hydroxylation sites is 1. The van der Waals surface area contributed by atoms with E-state index in [2.05, 4.69) is 0 Å². The summed E-state index contributed by atoms with van der Waals surface area (Å²) in [5.74, 6) is -1.28. The second-order valence-corrected chi connectivity index (χ2v) is 4.24. The Balaban J connectivity index is 2.87. The third-order valence-corrected chi connectivity index (χ3v) is 2.57. The summed E-state index contributed by atoms with van der Waals surface area (Å²) in [6, 6.07) is 11.1. The van der Waals surface area contributed by atoms with Gasteiger partial charge in [0.15, 0.2) is 5.60 Å². The molecule has 0 aromatic heterocycles. The first-order chi connectivity index (χ1) is 8.47. The van der Waals surface area contributed by atoms with Gasteiger partial charge in [-0.05, 0) is 19.1 Å². The van der Waals surface area contributed by atoms with Crippen molar-refractivity contribution >= 4 is 11.7 Å². The van der Waals surface area contributed by atoms with E-state index < -0.39 is 11.6 Å². The van der Waals surface area contributed by atoms with Crippen LogP contribution in [0.1, 0.15) is 13.3 Å². The third kappa shape index (κ3) is 3.75. The highest BCUT2D eigenvalue weighted by Gasteiger charge is 2.32. The van der Waals surface area contributed by atoms with Crippen molar-refractivity contribution in [2.45, 2.75) is 18.9 Å². The van der Waals surface area contributed by atoms with Crippen LogP contribution in [-0.4, -0.2) is 34.9 Å². The number of nitriles is 1. The molecule has 0 radical (unpaired) electrons. The van der Waals surface area contributed by atoms with Gasteiger partial charge in [0.05, 0.1) is 19.0 Å². The Hall–Kier alpha value is -2.06. The Kier molecular flexibility index (Phi) is 4.69. The molecule has 0 saturated heterocycles. The molecule has 1 rings (SSSR count). The third-order valence-electron chi connectivity index (χ3n) is 2.57. The lowest BCUT2D eigenvalue weighted by atomic mass is 10.1. The van der Waals surface area contributed by atoms with Crippen LogP contribution in [0, 0.1) is 11.3 Å². The van der Waals surface area contributed by atoms with Crippen molar-refractivity contribution < 1.29 is 15.0 Å². The quantitative estimate of drug-likeness (QED) is 0.791. The van der Waals surface area contributed by atoms with E-state index >= 15 is 0 Å². The van der Waals surface area contributed by atoms with Crippen molar-refractivity contribution in [3.05, 3.63) is 30.3 Å². The van der Waals surface area contributed by atoms with E-state index in [0.717, 1.165) is 5.69 Å². The highest BCUT2D eigenvalue weighted by atomic mass is 16.4. The van der Waals surface area contributed by atoms with Gasteiger partial charge in [0, 0.05) is 12.2 Å². The average molecular weight is 248 g/mol. The number of anilines is 1. The molecule has 0 aliphatic heterocycles. The van der Waals surface area contributed by atoms with Crippen molar-refractivity contribution in [2.75, 3.05) is 18.0 Å². The van der Waals surface area contributed by atoms with Crippen LogP contribution < -0.4 is 4.90 Å². The SMILES string of the molecule is CC(O)(CN(CCC#N)c1ccccc1)C(=O)O. The number of carboxylic acid groups (broad SMARTS) is 1. The van der Waals surface area contributed by atoms with Gasteiger partial charge in [-0.2, -0.15) is 5.26 Å². The lowest BCUT2D eigenvalue weighted by molar-refractivity contribution is -0.155. The number of aliphatic hydroxyl groups is 1. The molecule has 5 nitrogen and oxygen atoms in total. The first-order valence-corrected chi connectivity index (χ1v) is 5.60. The Bertz CT molecular complexity index is 437. The largest absolute Gasteiger partial charge is 0.479 e. The molecule has 0 fully saturated rings. The van der Waals surface area contributed by atoms with E-state index in [1.54, 1.807) is 4.90 Å². The van der Waals surface area contributed by atoms with Crippen LogP contribution in [0.4, 0.5) is 5.69 Å². The van der Waals surface area contributed by atoms with E-state index in [-0.39, 0.29) is 13.0 Å². The van der Waals surface area contributed by atoms with Gasteiger partial charge >= 0.3 is 5.97 Å². The van der Waals surface area contributed by atoms with Crippen molar-refractivity contribution in [1.82, 2.24) is 0 Å². The van der Waals surface area contributed by atoms with Crippen molar-refractivity contribution in [2.24, 2.45) is 0 Å². The highest BCUT2D eigenvalue weighted by molar-refractivity contribution is 5.77. The second-order valence-electron chi connectivity index (χ2n) is 4.24. The van der Waals surface area contributed by atoms with E-state index in [9.17, 15) is 9.90 Å². The summed E-state index contributed by atoms with van der Waals surface area (Å²) in [5, 5.41) is 27.3. The number of carboxylic acids is 1. The molecule has 96 valence electrons. The topological polar surface area (TPSA) is 84.6 Å². The second kappa shape index (κ2) is 6.03. The van der Waals surface area contributed by atoms with Crippen molar-refractivity contribution in [3.63, 3.8) is 0 Å². The fourth-order valence-electron chi connectivity index (χ4n) is 1.56. The van der Waals surface area contributed by atoms with E-state index in [1.807, 2.05) is 36.4 Å². The van der Waals surface area contributed by atoms with Crippen LogP contribution in [0.25, 0.3) is 0 Å². The number of benzene rings is 1. The zero-order valence-electron chi connectivity index (χ0n) is 10.2. The number of nitrogens with zero attached hydrogens (tertiary/aromatic N) is 2. The molecule has 0 bridgehead atoms. The maximum Gasteiger partial charge on any atom is 0.337 e. The number of rotatable bonds is 6. The summed E-state index contributed by atoms with van der Waals surface area (Å²) in [5.41, 5.74) is -1.06. The number of carbonyl (C=O) groups is 1. The first-order valence-electron chi connectivity index (χ1n) is 5.60. The predicted molar refractivity (Wildman–Crippen MR) is 67.1 cm³/mol. The normalized spacial score (nSPS) is 13.4. The van der Waals surface area contributed by atoms with Gasteiger partial charge in [-0.25, -0.2) is 4.79 Å². The summed E-state index contributed by atoms with van der Waals surface area (Å²) >= 11 is 0. The maximum absolute atomic E-state index is 10.9. The Morgan fingerprint density at radius 3 is 2.56 bits per heavy atom. The molecule has 0 aliphatic rings. The molecule has 1 aromatic carbocycles. The summed E-state index contributed by atoms with van der Waals surface area (Å²) in [6.45, 7) is 1.57. The van der Waals surface area contributed by atoms with Crippen LogP contribution in [0.3, 0.4) is 0 Å². The zero-order valence-corrected chi connectivity index (χ0v) is 10.2. The Morgan fingerprint density at radius 2 is 2.06 bits per heavy atom. The molecule has 18 heavy (non-hydrogen) atoms. The number of aliphatic carboxylic acids is 1. The van der Waals surface area contributed by atoms with E-state index in [1.165, 1.54) is 6.92 Å². The maximum atomic E-state index is 10.9. The molecule has 5 heteroatoms. The van der Waals surface area contributed by atoms with E-state index in [0.29, 0.717) is 6.54 Å². The molecule has 0 saturated carbocycles. The predicted octanol–water partition coefficient (Wildman–Crippen LogP) is 1.24. The summed E-state index contributed by atoms with van der Waals surface area (Å²) < 4.78 is 0. The summed E-state index contributed by atoms with van der Waals surface area (Å²) in [4.78, 5) is 12.6. The van der Waals surface area contributed by atoms with Crippen LogP contribution in [0.15, 0.2) is 30.3 Å². The van der Waals surface area contributed by atoms with Gasteiger partial charge in [0.1, 0.15) is 0 Å². The van der Waals surface area contributed by atoms with Gasteiger partial charge in [-0.1, -0.05) is 18.2 Å². The molecular formula is C13H16N2O3. The van der Waals surface area contributed by atoms with Gasteiger partial charge in [-0.3, -0.25) is 0 Å². The molecule has 2 N–H and O–H groups in total. The van der Waals surface area contributed by atoms with Gasteiger partial charge in [0.2, 0.25) is 0 Å². The number of hydrogen-bond acceptors (Lipinski definition) is 4. The molecule has 1 aromatic rings. The van der Waals surface area contributed by atoms with Crippen molar-refractivity contribution in [1.29, 1.82) is 5.26 Å². The standard InChI is InChI=1S/C13H16N2O3/c1-13(18,12(16)17)10-15(9-5-8-14)11-6-3-2-4-7-11/h2-4,6-7,18H,5,9-10H2,1H3,(H,16,17). The molecule has 1 atom stereocenters. The van der Waals surface area contributed by atoms with E-state index in [4.69, 9.17) is 10.4 Å². The molecule has 0 amide bonds. The van der Waals surface area contributed by atoms with Crippen molar-refractivity contribution in [3.8, 4) is 6.07 Å². The smallest absolute Gasteiger partial charge is 0.337 e. The van der Waals surface area contributed by atoms with Crippen LogP contribution in [0.5, 0.6) is 0 Å². The minimum absolute atomic E-state index is 0.0615. The van der Waals surface area contributed by atoms with Crippen LogP contribution in [-0.2, 0) is 4.79 Å². The molecule has 0 spiro atoms. The fourth-order valence-corrected chi connectivity index (χ4v) is 1.56. The Labute approximate surface area is 106 Å². The summed E-state index contributed by atoms with van der Waals surface area (Å²) in [7, 11) is 0. The fraction of sp³-hybridized carbons (Fsp3) is 0.385. The monoisotopic (exact) mass is 248 g/mol. The highest BCUT2D eigenvalue weighted by Crippen LogP contribution is 2.17. The zero-order chi connectivity index (χ0) is 13.6. The van der Waals surface area contributed by atoms with Gasteiger partial charge in [-0.15, -0.1) is 0 Å². The minimum Gasteiger partial charge on any atom is -0.479 e. The first kappa shape index (κ1) is 14.0. The number of hydrogen-bond donors (Lipinski definition) is 2. The molecule has 0 aliphatic carbocycles. The minimum atomic E-state index is -1.84. The molecule has 1 unspecified atom stereocenters. The van der Waals surface area contributed by atoms with Crippen LogP contribution >= 0.6 is 0 Å². The lowest BCUT2D eigenvalue weighted by Gasteiger charge is -2.30. The van der Waals surface area contributed by atoms with Crippen LogP contribution in [0.2, 0.25) is 0 Å². The van der Waals surface area contributed by atoms with Gasteiger partial charge < -0.3 is 15.1 Å².